The van der Waals surface area contributed by atoms with Crippen molar-refractivity contribution in [1.29, 1.82) is 0 Å². The van der Waals surface area contributed by atoms with Gasteiger partial charge in [-0.05, 0) is 53.9 Å². The van der Waals surface area contributed by atoms with Crippen LogP contribution in [0.25, 0.3) is 11.1 Å². The normalized spacial score (nSPS) is 19.7. The molecule has 180 valence electrons. The maximum absolute atomic E-state index is 12.5. The largest absolute Gasteiger partial charge is 0.481 e. The van der Waals surface area contributed by atoms with Crippen LogP contribution in [0.15, 0.2) is 48.5 Å². The van der Waals surface area contributed by atoms with Gasteiger partial charge in [-0.25, -0.2) is 4.79 Å². The predicted molar refractivity (Wildman–Crippen MR) is 128 cm³/mol. The van der Waals surface area contributed by atoms with E-state index in [4.69, 9.17) is 9.84 Å². The Morgan fingerprint density at radius 1 is 1.03 bits per heavy atom. The van der Waals surface area contributed by atoms with Gasteiger partial charge in [-0.2, -0.15) is 0 Å². The Hall–Kier alpha value is -3.35. The minimum absolute atomic E-state index is 0.00353. The predicted octanol–water partition coefficient (Wildman–Crippen LogP) is 4.45. The molecule has 4 rings (SSSR count). The summed E-state index contributed by atoms with van der Waals surface area (Å²) in [5, 5.41) is 14.8. The molecule has 7 nitrogen and oxygen atoms in total. The summed E-state index contributed by atoms with van der Waals surface area (Å²) in [4.78, 5) is 35.9. The van der Waals surface area contributed by atoms with Gasteiger partial charge < -0.3 is 20.5 Å². The average Bonchev–Trinajstić information content (AvgIpc) is 3.38. The van der Waals surface area contributed by atoms with Crippen LogP contribution in [0, 0.1) is 5.92 Å². The Morgan fingerprint density at radius 2 is 1.68 bits per heavy atom. The number of rotatable bonds is 9. The van der Waals surface area contributed by atoms with E-state index in [2.05, 4.69) is 34.9 Å². The summed E-state index contributed by atoms with van der Waals surface area (Å²) in [7, 11) is 0. The number of carbonyl (C=O) groups is 3. The number of carboxylic acid groups (broad SMARTS) is 1. The van der Waals surface area contributed by atoms with Crippen LogP contribution >= 0.6 is 0 Å². The van der Waals surface area contributed by atoms with Crippen LogP contribution < -0.4 is 10.6 Å². The van der Waals surface area contributed by atoms with Crippen molar-refractivity contribution >= 4 is 18.0 Å². The number of fused-ring (bicyclic) bond motifs is 3. The van der Waals surface area contributed by atoms with Gasteiger partial charge >= 0.3 is 12.1 Å². The Kier molecular flexibility index (Phi) is 7.50. The lowest BCUT2D eigenvalue weighted by Crippen LogP contribution is -2.41. The number of ether oxygens (including phenoxy) is 1. The maximum Gasteiger partial charge on any atom is 0.407 e. The maximum atomic E-state index is 12.5. The minimum Gasteiger partial charge on any atom is -0.481 e. The highest BCUT2D eigenvalue weighted by Gasteiger charge is 2.30. The van der Waals surface area contributed by atoms with Crippen LogP contribution in [0.2, 0.25) is 0 Å². The van der Waals surface area contributed by atoms with Crippen molar-refractivity contribution in [1.82, 2.24) is 10.6 Å². The van der Waals surface area contributed by atoms with E-state index in [-0.39, 0.29) is 49.3 Å². The fraction of sp³-hybridized carbons (Fsp3) is 0.444. The van der Waals surface area contributed by atoms with Crippen LogP contribution in [0.4, 0.5) is 4.79 Å². The molecular weight excluding hydrogens is 432 g/mol. The van der Waals surface area contributed by atoms with Gasteiger partial charge in [0.25, 0.3) is 0 Å². The van der Waals surface area contributed by atoms with E-state index in [0.717, 1.165) is 24.0 Å². The first-order valence-electron chi connectivity index (χ1n) is 12.1. The molecule has 3 atom stereocenters. The number of alkyl carbamates (subject to hydrolysis) is 1. The molecule has 0 aromatic heterocycles. The third kappa shape index (κ3) is 5.58. The van der Waals surface area contributed by atoms with E-state index in [0.29, 0.717) is 12.8 Å². The van der Waals surface area contributed by atoms with Crippen molar-refractivity contribution in [2.45, 2.75) is 63.5 Å². The fourth-order valence-corrected chi connectivity index (χ4v) is 5.25. The molecule has 34 heavy (non-hydrogen) atoms. The minimum atomic E-state index is -0.796. The molecule has 7 heteroatoms. The number of hydrogen-bond acceptors (Lipinski definition) is 4. The van der Waals surface area contributed by atoms with E-state index in [1.807, 2.05) is 31.2 Å². The molecule has 1 saturated carbocycles. The lowest BCUT2D eigenvalue weighted by molar-refractivity contribution is -0.138. The zero-order chi connectivity index (χ0) is 24.1. The van der Waals surface area contributed by atoms with Crippen molar-refractivity contribution in [3.63, 3.8) is 0 Å². The van der Waals surface area contributed by atoms with Crippen molar-refractivity contribution in [2.24, 2.45) is 5.92 Å². The van der Waals surface area contributed by atoms with Crippen LogP contribution in [0.5, 0.6) is 0 Å². The molecule has 0 heterocycles. The second-order valence-corrected chi connectivity index (χ2v) is 9.32. The van der Waals surface area contributed by atoms with Crippen LogP contribution in [-0.2, 0) is 14.3 Å². The van der Waals surface area contributed by atoms with Crippen molar-refractivity contribution < 1.29 is 24.2 Å². The molecule has 2 aromatic carbocycles. The standard InChI is InChI=1S/C27H32N2O5/c1-2-18(15-25(30)28-19-12-11-17(13-19)14-26(31)32)29-27(33)34-16-24-22-9-5-3-7-20(22)21-8-4-6-10-23(21)24/h3-10,17-19,24H,2,11-16H2,1H3,(H,28,30)(H,29,33)(H,31,32)/t17?,18-,19?/m0/s1. The number of carbonyl (C=O) groups excluding carboxylic acids is 2. The zero-order valence-electron chi connectivity index (χ0n) is 19.5. The smallest absolute Gasteiger partial charge is 0.407 e. The van der Waals surface area contributed by atoms with Crippen LogP contribution in [0.3, 0.4) is 0 Å². The summed E-state index contributed by atoms with van der Waals surface area (Å²) in [6.45, 7) is 2.15. The second kappa shape index (κ2) is 10.7. The highest BCUT2D eigenvalue weighted by atomic mass is 16.5. The van der Waals surface area contributed by atoms with Crippen molar-refractivity contribution in [2.75, 3.05) is 6.61 Å². The summed E-state index contributed by atoms with van der Waals surface area (Å²) in [5.41, 5.74) is 4.65. The van der Waals surface area contributed by atoms with Gasteiger partial charge in [0.15, 0.2) is 0 Å². The molecule has 2 aliphatic carbocycles. The second-order valence-electron chi connectivity index (χ2n) is 9.32. The third-order valence-corrected chi connectivity index (χ3v) is 6.96. The third-order valence-electron chi connectivity index (χ3n) is 6.96. The van der Waals surface area contributed by atoms with E-state index in [1.54, 1.807) is 0 Å². The Bertz CT molecular complexity index is 1010. The first-order chi connectivity index (χ1) is 16.4. The molecule has 2 amide bonds. The molecular formula is C27H32N2O5. The lowest BCUT2D eigenvalue weighted by Gasteiger charge is -2.20. The molecule has 0 bridgehead atoms. The number of aliphatic carboxylic acids is 1. The lowest BCUT2D eigenvalue weighted by atomic mass is 9.98. The average molecular weight is 465 g/mol. The number of benzene rings is 2. The van der Waals surface area contributed by atoms with Gasteiger partial charge in [-0.1, -0.05) is 55.5 Å². The van der Waals surface area contributed by atoms with Gasteiger partial charge in [-0.15, -0.1) is 0 Å². The van der Waals surface area contributed by atoms with E-state index in [9.17, 15) is 14.4 Å². The van der Waals surface area contributed by atoms with Crippen LogP contribution in [-0.4, -0.2) is 41.8 Å². The number of hydrogen-bond donors (Lipinski definition) is 3. The number of amides is 2. The topological polar surface area (TPSA) is 105 Å². The molecule has 3 N–H and O–H groups in total. The molecule has 0 aliphatic heterocycles. The van der Waals surface area contributed by atoms with Gasteiger partial charge in [0.1, 0.15) is 6.61 Å². The van der Waals surface area contributed by atoms with E-state index >= 15 is 0 Å². The molecule has 0 saturated heterocycles. The molecule has 0 spiro atoms. The Balaban J connectivity index is 1.26. The molecule has 1 fully saturated rings. The van der Waals surface area contributed by atoms with Crippen molar-refractivity contribution in [3.8, 4) is 11.1 Å². The van der Waals surface area contributed by atoms with Crippen LogP contribution in [0.1, 0.15) is 62.5 Å². The summed E-state index contributed by atoms with van der Waals surface area (Å²) < 4.78 is 5.60. The number of nitrogens with one attached hydrogen (secondary N) is 2. The summed E-state index contributed by atoms with van der Waals surface area (Å²) in [6, 6.07) is 16.0. The van der Waals surface area contributed by atoms with E-state index < -0.39 is 12.1 Å². The van der Waals surface area contributed by atoms with Gasteiger partial charge in [0.05, 0.1) is 0 Å². The first-order valence-corrected chi connectivity index (χ1v) is 12.1. The first kappa shape index (κ1) is 23.8. The molecule has 2 unspecified atom stereocenters. The van der Waals surface area contributed by atoms with Gasteiger partial charge in [-0.3, -0.25) is 9.59 Å². The Morgan fingerprint density at radius 3 is 2.29 bits per heavy atom. The number of carboxylic acids is 1. The molecule has 0 radical (unpaired) electrons. The summed E-state index contributed by atoms with van der Waals surface area (Å²) >= 11 is 0. The summed E-state index contributed by atoms with van der Waals surface area (Å²) in [6.07, 6.45) is 2.68. The SMILES string of the molecule is CC[C@@H](CC(=O)NC1CCC(CC(=O)O)C1)NC(=O)OCC1c2ccccc2-c2ccccc21. The summed E-state index contributed by atoms with van der Waals surface area (Å²) in [5.74, 6) is -0.826. The van der Waals surface area contributed by atoms with Gasteiger partial charge in [0, 0.05) is 30.8 Å². The molecule has 2 aliphatic rings. The Labute approximate surface area is 199 Å². The van der Waals surface area contributed by atoms with Gasteiger partial charge in [0.2, 0.25) is 5.91 Å². The van der Waals surface area contributed by atoms with E-state index in [1.165, 1.54) is 11.1 Å². The quantitative estimate of drug-likeness (QED) is 0.508. The zero-order valence-corrected chi connectivity index (χ0v) is 19.5. The fourth-order valence-electron chi connectivity index (χ4n) is 5.25. The highest BCUT2D eigenvalue weighted by Crippen LogP contribution is 2.44. The highest BCUT2D eigenvalue weighted by molar-refractivity contribution is 5.79. The molecule has 2 aromatic rings. The van der Waals surface area contributed by atoms with Crippen molar-refractivity contribution in [3.05, 3.63) is 59.7 Å². The monoisotopic (exact) mass is 464 g/mol.